The van der Waals surface area contributed by atoms with Crippen molar-refractivity contribution in [2.24, 2.45) is 0 Å². The van der Waals surface area contributed by atoms with Crippen molar-refractivity contribution < 1.29 is 9.18 Å². The van der Waals surface area contributed by atoms with Crippen molar-refractivity contribution in [2.75, 3.05) is 5.32 Å². The molecule has 1 aromatic heterocycles. The Morgan fingerprint density at radius 3 is 2.62 bits per heavy atom. The number of halogens is 1. The minimum atomic E-state index is -0.311. The van der Waals surface area contributed by atoms with Crippen LogP contribution < -0.4 is 5.32 Å². The molecule has 0 unspecified atom stereocenters. The molecule has 5 heteroatoms. The molecule has 0 bridgehead atoms. The molecule has 0 aliphatic carbocycles. The van der Waals surface area contributed by atoms with E-state index in [9.17, 15) is 9.18 Å². The van der Waals surface area contributed by atoms with Gasteiger partial charge in [-0.25, -0.2) is 9.37 Å². The van der Waals surface area contributed by atoms with Crippen LogP contribution in [0.2, 0.25) is 0 Å². The molecule has 0 fully saturated rings. The van der Waals surface area contributed by atoms with Crippen LogP contribution in [0.1, 0.15) is 15.9 Å². The van der Waals surface area contributed by atoms with Crippen molar-refractivity contribution in [3.8, 4) is 11.4 Å². The summed E-state index contributed by atoms with van der Waals surface area (Å²) in [5, 5.41) is 2.88. The number of amides is 1. The number of aryl methyl sites for hydroxylation is 1. The van der Waals surface area contributed by atoms with Crippen LogP contribution in [0.25, 0.3) is 22.4 Å². The molecule has 1 amide bonds. The average Bonchev–Trinajstić information content (AvgIpc) is 3.05. The zero-order chi connectivity index (χ0) is 18.1. The average molecular weight is 345 g/mol. The molecule has 4 nitrogen and oxygen atoms in total. The Bertz CT molecular complexity index is 1100. The molecule has 4 rings (SSSR count). The second-order valence-corrected chi connectivity index (χ2v) is 6.15. The SMILES string of the molecule is Cc1ccc(C(=O)Nc2ccc3nc(-c4cccc(F)c4)[nH]c3c2)cc1. The lowest BCUT2D eigenvalue weighted by atomic mass is 10.1. The first kappa shape index (κ1) is 16.0. The Morgan fingerprint density at radius 1 is 1.04 bits per heavy atom. The minimum Gasteiger partial charge on any atom is -0.338 e. The summed E-state index contributed by atoms with van der Waals surface area (Å²) in [6.07, 6.45) is 0. The third-order valence-electron chi connectivity index (χ3n) is 4.15. The van der Waals surface area contributed by atoms with Crippen LogP contribution in [0.4, 0.5) is 10.1 Å². The Hall–Kier alpha value is -3.47. The molecule has 0 aliphatic rings. The Labute approximate surface area is 149 Å². The molecule has 26 heavy (non-hydrogen) atoms. The molecule has 0 saturated heterocycles. The van der Waals surface area contributed by atoms with Crippen LogP contribution >= 0.6 is 0 Å². The Morgan fingerprint density at radius 2 is 1.85 bits per heavy atom. The maximum absolute atomic E-state index is 13.4. The van der Waals surface area contributed by atoms with Gasteiger partial charge >= 0.3 is 0 Å². The van der Waals surface area contributed by atoms with Gasteiger partial charge in [0.15, 0.2) is 0 Å². The lowest BCUT2D eigenvalue weighted by Crippen LogP contribution is -2.11. The molecule has 1 heterocycles. The largest absolute Gasteiger partial charge is 0.338 e. The molecular weight excluding hydrogens is 329 g/mol. The number of carbonyl (C=O) groups excluding carboxylic acids is 1. The van der Waals surface area contributed by atoms with Crippen molar-refractivity contribution in [3.63, 3.8) is 0 Å². The van der Waals surface area contributed by atoms with Crippen LogP contribution in [-0.2, 0) is 0 Å². The highest BCUT2D eigenvalue weighted by atomic mass is 19.1. The smallest absolute Gasteiger partial charge is 0.255 e. The number of anilines is 1. The number of hydrogen-bond donors (Lipinski definition) is 2. The van der Waals surface area contributed by atoms with Crippen molar-refractivity contribution in [1.29, 1.82) is 0 Å². The molecule has 2 N–H and O–H groups in total. The van der Waals surface area contributed by atoms with E-state index in [1.165, 1.54) is 12.1 Å². The topological polar surface area (TPSA) is 57.8 Å². The number of rotatable bonds is 3. The molecular formula is C21H16FN3O. The Kier molecular flexibility index (Phi) is 3.97. The number of aromatic nitrogens is 2. The summed E-state index contributed by atoms with van der Waals surface area (Å²) in [5.41, 5.74) is 4.55. The lowest BCUT2D eigenvalue weighted by molar-refractivity contribution is 0.102. The van der Waals surface area contributed by atoms with Gasteiger partial charge in [0.05, 0.1) is 11.0 Å². The standard InChI is InChI=1S/C21H16FN3O/c1-13-5-7-14(8-6-13)21(26)23-17-9-10-18-19(12-17)25-20(24-18)15-3-2-4-16(22)11-15/h2-12H,1H3,(H,23,26)(H,24,25). The zero-order valence-corrected chi connectivity index (χ0v) is 14.1. The summed E-state index contributed by atoms with van der Waals surface area (Å²) in [6.45, 7) is 1.98. The van der Waals surface area contributed by atoms with E-state index >= 15 is 0 Å². The number of H-pyrrole nitrogens is 1. The van der Waals surface area contributed by atoms with Crippen LogP contribution in [0.5, 0.6) is 0 Å². The molecule has 0 atom stereocenters. The van der Waals surface area contributed by atoms with Gasteiger partial charge in [0, 0.05) is 16.8 Å². The molecule has 0 radical (unpaired) electrons. The molecule has 0 saturated carbocycles. The van der Waals surface area contributed by atoms with Gasteiger partial charge in [-0.3, -0.25) is 4.79 Å². The van der Waals surface area contributed by atoms with Gasteiger partial charge in [-0.1, -0.05) is 29.8 Å². The number of aromatic amines is 1. The van der Waals surface area contributed by atoms with Gasteiger partial charge in [-0.15, -0.1) is 0 Å². The fourth-order valence-electron chi connectivity index (χ4n) is 2.77. The molecule has 128 valence electrons. The number of imidazole rings is 1. The quantitative estimate of drug-likeness (QED) is 0.553. The third kappa shape index (κ3) is 3.19. The van der Waals surface area contributed by atoms with Gasteiger partial charge in [0.25, 0.3) is 5.91 Å². The summed E-state index contributed by atoms with van der Waals surface area (Å²) in [4.78, 5) is 20.0. The van der Waals surface area contributed by atoms with Crippen LogP contribution in [-0.4, -0.2) is 15.9 Å². The van der Waals surface area contributed by atoms with E-state index in [1.807, 2.05) is 31.2 Å². The van der Waals surface area contributed by atoms with E-state index in [1.54, 1.807) is 30.3 Å². The van der Waals surface area contributed by atoms with E-state index in [0.29, 0.717) is 22.6 Å². The summed E-state index contributed by atoms with van der Waals surface area (Å²) in [5.74, 6) is 0.102. The molecule has 4 aromatic rings. The second-order valence-electron chi connectivity index (χ2n) is 6.15. The lowest BCUT2D eigenvalue weighted by Gasteiger charge is -2.05. The van der Waals surface area contributed by atoms with E-state index in [-0.39, 0.29) is 11.7 Å². The maximum Gasteiger partial charge on any atom is 0.255 e. The molecule has 0 aliphatic heterocycles. The number of fused-ring (bicyclic) bond motifs is 1. The van der Waals surface area contributed by atoms with E-state index < -0.39 is 0 Å². The van der Waals surface area contributed by atoms with Crippen molar-refractivity contribution in [3.05, 3.63) is 83.7 Å². The van der Waals surface area contributed by atoms with E-state index in [0.717, 1.165) is 16.6 Å². The van der Waals surface area contributed by atoms with Crippen LogP contribution in [0.3, 0.4) is 0 Å². The monoisotopic (exact) mass is 345 g/mol. The van der Waals surface area contributed by atoms with Gasteiger partial charge in [-0.05, 0) is 49.4 Å². The third-order valence-corrected chi connectivity index (χ3v) is 4.15. The van der Waals surface area contributed by atoms with Crippen molar-refractivity contribution in [1.82, 2.24) is 9.97 Å². The molecule has 3 aromatic carbocycles. The second kappa shape index (κ2) is 6.44. The normalized spacial score (nSPS) is 10.8. The predicted molar refractivity (Wildman–Crippen MR) is 101 cm³/mol. The van der Waals surface area contributed by atoms with Gasteiger partial charge < -0.3 is 10.3 Å². The number of carbonyl (C=O) groups is 1. The van der Waals surface area contributed by atoms with Gasteiger partial charge in [0.1, 0.15) is 11.6 Å². The molecule has 0 spiro atoms. The number of benzene rings is 3. The van der Waals surface area contributed by atoms with Crippen LogP contribution in [0, 0.1) is 12.7 Å². The zero-order valence-electron chi connectivity index (χ0n) is 14.1. The van der Waals surface area contributed by atoms with Gasteiger partial charge in [0.2, 0.25) is 0 Å². The summed E-state index contributed by atoms with van der Waals surface area (Å²) < 4.78 is 13.4. The van der Waals surface area contributed by atoms with E-state index in [4.69, 9.17) is 0 Å². The first-order valence-electron chi connectivity index (χ1n) is 8.22. The summed E-state index contributed by atoms with van der Waals surface area (Å²) in [7, 11) is 0. The highest BCUT2D eigenvalue weighted by Gasteiger charge is 2.09. The fraction of sp³-hybridized carbons (Fsp3) is 0.0476. The van der Waals surface area contributed by atoms with Crippen molar-refractivity contribution in [2.45, 2.75) is 6.92 Å². The van der Waals surface area contributed by atoms with E-state index in [2.05, 4.69) is 15.3 Å². The highest BCUT2D eigenvalue weighted by Crippen LogP contribution is 2.23. The summed E-state index contributed by atoms with van der Waals surface area (Å²) in [6, 6.07) is 19.1. The Balaban J connectivity index is 1.61. The fourth-order valence-corrected chi connectivity index (χ4v) is 2.77. The first-order valence-corrected chi connectivity index (χ1v) is 8.22. The number of nitrogens with one attached hydrogen (secondary N) is 2. The highest BCUT2D eigenvalue weighted by molar-refractivity contribution is 6.05. The summed E-state index contributed by atoms with van der Waals surface area (Å²) >= 11 is 0. The number of nitrogens with zero attached hydrogens (tertiary/aromatic N) is 1. The minimum absolute atomic E-state index is 0.172. The first-order chi connectivity index (χ1) is 12.6. The predicted octanol–water partition coefficient (Wildman–Crippen LogP) is 4.93. The van der Waals surface area contributed by atoms with Crippen molar-refractivity contribution >= 4 is 22.6 Å². The van der Waals surface area contributed by atoms with Crippen LogP contribution in [0.15, 0.2) is 66.7 Å². The van der Waals surface area contributed by atoms with Gasteiger partial charge in [-0.2, -0.15) is 0 Å². The maximum atomic E-state index is 13.4. The number of hydrogen-bond acceptors (Lipinski definition) is 2.